The van der Waals surface area contributed by atoms with Gasteiger partial charge in [-0.05, 0) is 51.9 Å². The van der Waals surface area contributed by atoms with Gasteiger partial charge in [-0.3, -0.25) is 9.59 Å². The Morgan fingerprint density at radius 3 is 2.48 bits per heavy atom. The molecule has 0 aromatic rings. The van der Waals surface area contributed by atoms with E-state index in [0.29, 0.717) is 5.92 Å². The Morgan fingerprint density at radius 2 is 2.04 bits per heavy atom. The van der Waals surface area contributed by atoms with Gasteiger partial charge in [0.1, 0.15) is 0 Å². The van der Waals surface area contributed by atoms with Crippen LogP contribution in [0.4, 0.5) is 0 Å². The highest BCUT2D eigenvalue weighted by Crippen LogP contribution is 2.26. The number of hydrogen-bond donors (Lipinski definition) is 2. The van der Waals surface area contributed by atoms with Crippen molar-refractivity contribution in [3.63, 3.8) is 0 Å². The summed E-state index contributed by atoms with van der Waals surface area (Å²) in [5, 5.41) is 6.05. The third kappa shape index (κ3) is 5.85. The predicted molar refractivity (Wildman–Crippen MR) is 94.9 cm³/mol. The molecule has 130 valence electrons. The minimum absolute atomic E-state index is 0.0154. The molecule has 1 heterocycles. The number of carbonyl (C=O) groups excluding carboxylic acids is 2. The first-order valence-electron chi connectivity index (χ1n) is 8.61. The van der Waals surface area contributed by atoms with Crippen LogP contribution >= 0.6 is 0 Å². The van der Waals surface area contributed by atoms with E-state index in [-0.39, 0.29) is 29.7 Å². The third-order valence-corrected chi connectivity index (χ3v) is 4.67. The van der Waals surface area contributed by atoms with E-state index in [1.165, 1.54) is 0 Å². The summed E-state index contributed by atoms with van der Waals surface area (Å²) in [6.45, 7) is 14.7. The second-order valence-corrected chi connectivity index (χ2v) is 7.25. The molecular formula is C19H32N2O2. The molecule has 2 amide bonds. The van der Waals surface area contributed by atoms with Crippen molar-refractivity contribution in [3.8, 4) is 0 Å². The van der Waals surface area contributed by atoms with Crippen molar-refractivity contribution in [2.75, 3.05) is 6.54 Å². The predicted octanol–water partition coefficient (Wildman–Crippen LogP) is 3.20. The lowest BCUT2D eigenvalue weighted by molar-refractivity contribution is -0.122. The molecule has 1 aliphatic rings. The van der Waals surface area contributed by atoms with Crippen LogP contribution in [0.1, 0.15) is 53.9 Å². The Labute approximate surface area is 140 Å². The summed E-state index contributed by atoms with van der Waals surface area (Å²) in [5.74, 6) is 0.728. The van der Waals surface area contributed by atoms with E-state index in [1.807, 2.05) is 26.8 Å². The topological polar surface area (TPSA) is 58.2 Å². The van der Waals surface area contributed by atoms with E-state index in [1.54, 1.807) is 0 Å². The van der Waals surface area contributed by atoms with E-state index in [0.717, 1.165) is 37.0 Å². The molecule has 0 radical (unpaired) electrons. The Kier molecular flexibility index (Phi) is 7.53. The highest BCUT2D eigenvalue weighted by Gasteiger charge is 2.30. The molecule has 0 aromatic heterocycles. The molecule has 4 heteroatoms. The van der Waals surface area contributed by atoms with Crippen LogP contribution in [0.2, 0.25) is 0 Å². The van der Waals surface area contributed by atoms with Gasteiger partial charge in [0.2, 0.25) is 11.8 Å². The molecule has 1 aliphatic heterocycles. The SMILES string of the molecule is C=C[C@H](CC1CCNC1=O)[C@H](CC(C)C)NC(=O)C(C)=C(C)C. The fraction of sp³-hybridized carbons (Fsp3) is 0.684. The molecule has 0 aliphatic carbocycles. The Balaban J connectivity index is 2.84. The van der Waals surface area contributed by atoms with Crippen LogP contribution in [0.15, 0.2) is 23.8 Å². The van der Waals surface area contributed by atoms with Crippen LogP contribution in [-0.2, 0) is 9.59 Å². The Morgan fingerprint density at radius 1 is 1.39 bits per heavy atom. The maximum atomic E-state index is 12.4. The molecule has 2 N–H and O–H groups in total. The molecule has 1 saturated heterocycles. The molecule has 1 rings (SSSR count). The van der Waals surface area contributed by atoms with E-state index in [4.69, 9.17) is 0 Å². The summed E-state index contributed by atoms with van der Waals surface area (Å²) in [4.78, 5) is 24.3. The van der Waals surface area contributed by atoms with E-state index >= 15 is 0 Å². The molecule has 0 bridgehead atoms. The molecule has 4 nitrogen and oxygen atoms in total. The average molecular weight is 320 g/mol. The summed E-state index contributed by atoms with van der Waals surface area (Å²) >= 11 is 0. The van der Waals surface area contributed by atoms with Crippen molar-refractivity contribution in [1.82, 2.24) is 10.6 Å². The zero-order valence-electron chi connectivity index (χ0n) is 15.2. The zero-order valence-corrected chi connectivity index (χ0v) is 15.2. The minimum atomic E-state index is -0.0154. The fourth-order valence-electron chi connectivity index (χ4n) is 2.98. The number of amides is 2. The van der Waals surface area contributed by atoms with Crippen molar-refractivity contribution in [2.45, 2.75) is 59.9 Å². The molecule has 1 unspecified atom stereocenters. The number of rotatable bonds is 8. The molecule has 1 fully saturated rings. The molecule has 3 atom stereocenters. The third-order valence-electron chi connectivity index (χ3n) is 4.67. The lowest BCUT2D eigenvalue weighted by Crippen LogP contribution is -2.42. The van der Waals surface area contributed by atoms with Crippen molar-refractivity contribution < 1.29 is 9.59 Å². The highest BCUT2D eigenvalue weighted by molar-refractivity contribution is 5.93. The summed E-state index contributed by atoms with van der Waals surface area (Å²) in [6.07, 6.45) is 4.41. The van der Waals surface area contributed by atoms with Gasteiger partial charge in [0.05, 0.1) is 0 Å². The molecule has 0 aromatic carbocycles. The largest absolute Gasteiger partial charge is 0.356 e. The van der Waals surface area contributed by atoms with Gasteiger partial charge in [-0.1, -0.05) is 25.5 Å². The van der Waals surface area contributed by atoms with Crippen LogP contribution in [0, 0.1) is 17.8 Å². The second kappa shape index (κ2) is 8.90. The maximum absolute atomic E-state index is 12.4. The number of hydrogen-bond acceptors (Lipinski definition) is 2. The minimum Gasteiger partial charge on any atom is -0.356 e. The lowest BCUT2D eigenvalue weighted by Gasteiger charge is -2.29. The van der Waals surface area contributed by atoms with Gasteiger partial charge in [-0.15, -0.1) is 6.58 Å². The summed E-state index contributed by atoms with van der Waals surface area (Å²) in [7, 11) is 0. The van der Waals surface area contributed by atoms with Crippen LogP contribution in [0.5, 0.6) is 0 Å². The average Bonchev–Trinajstić information content (AvgIpc) is 2.87. The quantitative estimate of drug-likeness (QED) is 0.533. The summed E-state index contributed by atoms with van der Waals surface area (Å²) < 4.78 is 0. The first-order chi connectivity index (χ1) is 10.8. The standard InChI is InChI=1S/C19H32N2O2/c1-7-15(11-16-8-9-20-19(16)23)17(10-12(2)3)21-18(22)14(6)13(4)5/h7,12,15-17H,1,8-11H2,2-6H3,(H,20,23)(H,21,22)/t15-,16?,17+/m1/s1. The van der Waals surface area contributed by atoms with Gasteiger partial charge in [0.15, 0.2) is 0 Å². The molecule has 23 heavy (non-hydrogen) atoms. The molecular weight excluding hydrogens is 288 g/mol. The first-order valence-corrected chi connectivity index (χ1v) is 8.61. The zero-order chi connectivity index (χ0) is 17.6. The Hall–Kier alpha value is -1.58. The van der Waals surface area contributed by atoms with Crippen LogP contribution in [-0.4, -0.2) is 24.4 Å². The van der Waals surface area contributed by atoms with Crippen molar-refractivity contribution >= 4 is 11.8 Å². The van der Waals surface area contributed by atoms with Gasteiger partial charge < -0.3 is 10.6 Å². The first kappa shape index (κ1) is 19.5. The fourth-order valence-corrected chi connectivity index (χ4v) is 2.98. The van der Waals surface area contributed by atoms with Gasteiger partial charge in [-0.2, -0.15) is 0 Å². The van der Waals surface area contributed by atoms with E-state index in [2.05, 4.69) is 31.1 Å². The van der Waals surface area contributed by atoms with Gasteiger partial charge in [0, 0.05) is 24.1 Å². The van der Waals surface area contributed by atoms with Crippen LogP contribution in [0.25, 0.3) is 0 Å². The lowest BCUT2D eigenvalue weighted by atomic mass is 9.84. The van der Waals surface area contributed by atoms with Gasteiger partial charge in [-0.25, -0.2) is 0 Å². The van der Waals surface area contributed by atoms with Gasteiger partial charge >= 0.3 is 0 Å². The molecule has 0 saturated carbocycles. The second-order valence-electron chi connectivity index (χ2n) is 7.25. The maximum Gasteiger partial charge on any atom is 0.247 e. The van der Waals surface area contributed by atoms with Crippen LogP contribution in [0.3, 0.4) is 0 Å². The van der Waals surface area contributed by atoms with E-state index in [9.17, 15) is 9.59 Å². The smallest absolute Gasteiger partial charge is 0.247 e. The monoisotopic (exact) mass is 320 g/mol. The number of nitrogens with one attached hydrogen (secondary N) is 2. The number of allylic oxidation sites excluding steroid dienone is 1. The van der Waals surface area contributed by atoms with Crippen molar-refractivity contribution in [2.24, 2.45) is 17.8 Å². The highest BCUT2D eigenvalue weighted by atomic mass is 16.2. The van der Waals surface area contributed by atoms with Crippen molar-refractivity contribution in [1.29, 1.82) is 0 Å². The van der Waals surface area contributed by atoms with Gasteiger partial charge in [0.25, 0.3) is 0 Å². The summed E-state index contributed by atoms with van der Waals surface area (Å²) in [6, 6.07) is 0.0164. The van der Waals surface area contributed by atoms with E-state index < -0.39 is 0 Å². The normalized spacial score (nSPS) is 19.9. The summed E-state index contributed by atoms with van der Waals surface area (Å²) in [5.41, 5.74) is 1.79. The molecule has 0 spiro atoms. The number of carbonyl (C=O) groups is 2. The van der Waals surface area contributed by atoms with Crippen molar-refractivity contribution in [3.05, 3.63) is 23.8 Å². The van der Waals surface area contributed by atoms with Crippen LogP contribution < -0.4 is 10.6 Å². The Bertz CT molecular complexity index is 476.